The Morgan fingerprint density at radius 2 is 2.25 bits per heavy atom. The predicted octanol–water partition coefficient (Wildman–Crippen LogP) is 3.40. The van der Waals surface area contributed by atoms with Gasteiger partial charge in [0.15, 0.2) is 4.34 Å². The molecule has 0 fully saturated rings. The molecule has 0 aliphatic rings. The molecule has 0 saturated heterocycles. The van der Waals surface area contributed by atoms with Gasteiger partial charge in [-0.15, -0.1) is 11.3 Å². The van der Waals surface area contributed by atoms with Crippen LogP contribution in [0.15, 0.2) is 45.1 Å². The molecule has 1 heterocycles. The van der Waals surface area contributed by atoms with Gasteiger partial charge in [0.1, 0.15) is 0 Å². The number of nitrogens with zero attached hydrogens (tertiary/aromatic N) is 1. The van der Waals surface area contributed by atoms with E-state index in [1.54, 1.807) is 23.1 Å². The highest BCUT2D eigenvalue weighted by atomic mass is 32.2. The minimum atomic E-state index is 0.922. The van der Waals surface area contributed by atoms with Crippen molar-refractivity contribution in [3.05, 3.63) is 41.4 Å². The lowest BCUT2D eigenvalue weighted by Gasteiger charge is -2.07. The standard InChI is InChI=1S/C12H14N2S2/c1-2-13-9-10-5-3-4-6-11(10)16-12-14-7-8-15-12/h3-8,13H,2,9H2,1H3. The van der Waals surface area contributed by atoms with Gasteiger partial charge in [-0.1, -0.05) is 36.9 Å². The highest BCUT2D eigenvalue weighted by molar-refractivity contribution is 8.01. The molecule has 0 unspecified atom stereocenters. The maximum Gasteiger partial charge on any atom is 0.154 e. The lowest BCUT2D eigenvalue weighted by Crippen LogP contribution is -2.12. The molecule has 84 valence electrons. The number of nitrogens with one attached hydrogen (secondary N) is 1. The predicted molar refractivity (Wildman–Crippen MR) is 70.1 cm³/mol. The van der Waals surface area contributed by atoms with Crippen molar-refractivity contribution in [3.63, 3.8) is 0 Å². The van der Waals surface area contributed by atoms with Gasteiger partial charge >= 0.3 is 0 Å². The second-order valence-electron chi connectivity index (χ2n) is 3.29. The van der Waals surface area contributed by atoms with Gasteiger partial charge in [-0.05, 0) is 18.2 Å². The molecule has 0 aliphatic carbocycles. The van der Waals surface area contributed by atoms with Crippen LogP contribution in [-0.4, -0.2) is 11.5 Å². The molecule has 0 amide bonds. The van der Waals surface area contributed by atoms with E-state index in [9.17, 15) is 0 Å². The first-order chi connectivity index (χ1) is 7.90. The lowest BCUT2D eigenvalue weighted by atomic mass is 10.2. The molecule has 1 N–H and O–H groups in total. The van der Waals surface area contributed by atoms with E-state index in [0.29, 0.717) is 0 Å². The molecule has 2 nitrogen and oxygen atoms in total. The quantitative estimate of drug-likeness (QED) is 0.880. The molecule has 0 saturated carbocycles. The molecule has 1 aromatic carbocycles. The Kier molecular flexibility index (Phi) is 4.39. The van der Waals surface area contributed by atoms with Crippen molar-refractivity contribution in [2.45, 2.75) is 22.7 Å². The van der Waals surface area contributed by atoms with E-state index in [2.05, 4.69) is 41.5 Å². The van der Waals surface area contributed by atoms with Crippen molar-refractivity contribution >= 4 is 23.1 Å². The normalized spacial score (nSPS) is 10.6. The number of hydrogen-bond donors (Lipinski definition) is 1. The molecule has 0 aliphatic heterocycles. The maximum absolute atomic E-state index is 4.29. The third kappa shape index (κ3) is 3.07. The first kappa shape index (κ1) is 11.6. The Labute approximate surface area is 104 Å². The average molecular weight is 250 g/mol. The van der Waals surface area contributed by atoms with Crippen LogP contribution >= 0.6 is 23.1 Å². The highest BCUT2D eigenvalue weighted by Crippen LogP contribution is 2.31. The van der Waals surface area contributed by atoms with E-state index in [0.717, 1.165) is 17.4 Å². The minimum absolute atomic E-state index is 0.922. The zero-order valence-corrected chi connectivity index (χ0v) is 10.8. The van der Waals surface area contributed by atoms with Crippen molar-refractivity contribution in [3.8, 4) is 0 Å². The molecule has 16 heavy (non-hydrogen) atoms. The van der Waals surface area contributed by atoms with Crippen LogP contribution in [0.1, 0.15) is 12.5 Å². The van der Waals surface area contributed by atoms with Crippen LogP contribution in [0.4, 0.5) is 0 Å². The van der Waals surface area contributed by atoms with Gasteiger partial charge in [-0.25, -0.2) is 4.98 Å². The van der Waals surface area contributed by atoms with E-state index < -0.39 is 0 Å². The van der Waals surface area contributed by atoms with Crippen LogP contribution in [0.5, 0.6) is 0 Å². The van der Waals surface area contributed by atoms with E-state index >= 15 is 0 Å². The molecule has 0 atom stereocenters. The van der Waals surface area contributed by atoms with Crippen molar-refractivity contribution in [1.82, 2.24) is 10.3 Å². The van der Waals surface area contributed by atoms with Crippen LogP contribution in [0, 0.1) is 0 Å². The van der Waals surface area contributed by atoms with Gasteiger partial charge in [0, 0.05) is 23.0 Å². The largest absolute Gasteiger partial charge is 0.313 e. The first-order valence-corrected chi connectivity index (χ1v) is 6.95. The van der Waals surface area contributed by atoms with Crippen molar-refractivity contribution in [1.29, 1.82) is 0 Å². The summed E-state index contributed by atoms with van der Waals surface area (Å²) >= 11 is 3.42. The van der Waals surface area contributed by atoms with E-state index in [1.165, 1.54) is 10.5 Å². The fourth-order valence-electron chi connectivity index (χ4n) is 1.36. The SMILES string of the molecule is CCNCc1ccccc1Sc1nccs1. The average Bonchev–Trinajstić information content (AvgIpc) is 2.81. The van der Waals surface area contributed by atoms with Gasteiger partial charge in [-0.3, -0.25) is 0 Å². The summed E-state index contributed by atoms with van der Waals surface area (Å²) < 4.78 is 1.10. The Morgan fingerprint density at radius 1 is 1.38 bits per heavy atom. The number of aromatic nitrogens is 1. The Hall–Kier alpha value is -0.840. The third-order valence-electron chi connectivity index (χ3n) is 2.14. The molecule has 2 rings (SSSR count). The first-order valence-electron chi connectivity index (χ1n) is 5.26. The zero-order valence-electron chi connectivity index (χ0n) is 9.14. The minimum Gasteiger partial charge on any atom is -0.313 e. The second kappa shape index (κ2) is 6.03. The molecule has 0 radical (unpaired) electrons. The Morgan fingerprint density at radius 3 is 3.00 bits per heavy atom. The van der Waals surface area contributed by atoms with Crippen molar-refractivity contribution in [2.24, 2.45) is 0 Å². The van der Waals surface area contributed by atoms with Crippen molar-refractivity contribution < 1.29 is 0 Å². The Balaban J connectivity index is 2.13. The summed E-state index contributed by atoms with van der Waals surface area (Å²) in [5, 5.41) is 5.36. The lowest BCUT2D eigenvalue weighted by molar-refractivity contribution is 0.718. The number of thiazole rings is 1. The number of benzene rings is 1. The summed E-state index contributed by atoms with van der Waals surface area (Å²) in [5.41, 5.74) is 1.34. The summed E-state index contributed by atoms with van der Waals surface area (Å²) in [6, 6.07) is 8.47. The van der Waals surface area contributed by atoms with Crippen LogP contribution in [0.2, 0.25) is 0 Å². The molecule has 0 bridgehead atoms. The molecule has 4 heteroatoms. The summed E-state index contributed by atoms with van der Waals surface area (Å²) in [7, 11) is 0. The van der Waals surface area contributed by atoms with Gasteiger partial charge in [0.2, 0.25) is 0 Å². The van der Waals surface area contributed by atoms with E-state index in [-0.39, 0.29) is 0 Å². The molecule has 1 aromatic heterocycles. The summed E-state index contributed by atoms with van der Waals surface area (Å²) in [6.07, 6.45) is 1.85. The van der Waals surface area contributed by atoms with Crippen LogP contribution < -0.4 is 5.32 Å². The fourth-order valence-corrected chi connectivity index (χ4v) is 3.07. The van der Waals surface area contributed by atoms with Gasteiger partial charge in [0.25, 0.3) is 0 Å². The Bertz CT molecular complexity index is 426. The maximum atomic E-state index is 4.29. The zero-order chi connectivity index (χ0) is 11.2. The molecule has 0 spiro atoms. The number of hydrogen-bond acceptors (Lipinski definition) is 4. The summed E-state index contributed by atoms with van der Waals surface area (Å²) in [5.74, 6) is 0. The second-order valence-corrected chi connectivity index (χ2v) is 5.47. The van der Waals surface area contributed by atoms with E-state index in [4.69, 9.17) is 0 Å². The topological polar surface area (TPSA) is 24.9 Å². The molecular weight excluding hydrogens is 236 g/mol. The third-order valence-corrected chi connectivity index (χ3v) is 4.15. The fraction of sp³-hybridized carbons (Fsp3) is 0.250. The molecule has 2 aromatic rings. The smallest absolute Gasteiger partial charge is 0.154 e. The van der Waals surface area contributed by atoms with Gasteiger partial charge in [-0.2, -0.15) is 0 Å². The van der Waals surface area contributed by atoms with Crippen LogP contribution in [-0.2, 0) is 6.54 Å². The van der Waals surface area contributed by atoms with Gasteiger partial charge in [0.05, 0.1) is 0 Å². The van der Waals surface area contributed by atoms with Crippen molar-refractivity contribution in [2.75, 3.05) is 6.54 Å². The highest BCUT2D eigenvalue weighted by Gasteiger charge is 2.04. The molecular formula is C12H14N2S2. The van der Waals surface area contributed by atoms with Crippen LogP contribution in [0.3, 0.4) is 0 Å². The monoisotopic (exact) mass is 250 g/mol. The number of rotatable bonds is 5. The van der Waals surface area contributed by atoms with Crippen LogP contribution in [0.25, 0.3) is 0 Å². The van der Waals surface area contributed by atoms with Gasteiger partial charge < -0.3 is 5.32 Å². The summed E-state index contributed by atoms with van der Waals surface area (Å²) in [4.78, 5) is 5.58. The van der Waals surface area contributed by atoms with E-state index in [1.807, 2.05) is 11.6 Å². The summed E-state index contributed by atoms with van der Waals surface area (Å²) in [6.45, 7) is 4.04.